The van der Waals surface area contributed by atoms with Crippen LogP contribution < -0.4 is 10.2 Å². The van der Waals surface area contributed by atoms with E-state index in [1.807, 2.05) is 4.90 Å². The zero-order valence-corrected chi connectivity index (χ0v) is 12.6. The van der Waals surface area contributed by atoms with Gasteiger partial charge in [-0.05, 0) is 25.9 Å². The van der Waals surface area contributed by atoms with Gasteiger partial charge in [-0.2, -0.15) is 0 Å². The molecule has 1 aromatic rings. The molecule has 0 atom stereocenters. The summed E-state index contributed by atoms with van der Waals surface area (Å²) in [7, 11) is 0. The highest BCUT2D eigenvalue weighted by Gasteiger charge is 2.38. The standard InChI is InChI=1S/C15H23N5O/c1-15(2-4-16-5-3-15)14(21)20-10-8-19(9-11-20)13-12-17-6-7-18-13/h6-7,12,16H,2-5,8-11H2,1H3. The lowest BCUT2D eigenvalue weighted by Crippen LogP contribution is -2.54. The van der Waals surface area contributed by atoms with Crippen molar-refractivity contribution in [1.82, 2.24) is 20.2 Å². The van der Waals surface area contributed by atoms with Crippen LogP contribution in [-0.2, 0) is 4.79 Å². The molecular formula is C15H23N5O. The molecule has 21 heavy (non-hydrogen) atoms. The first-order valence-corrected chi connectivity index (χ1v) is 7.70. The average Bonchev–Trinajstić information content (AvgIpc) is 2.56. The third-order valence-electron chi connectivity index (χ3n) is 4.66. The quantitative estimate of drug-likeness (QED) is 0.860. The Morgan fingerprint density at radius 2 is 1.90 bits per heavy atom. The molecule has 1 amide bonds. The molecule has 1 N–H and O–H groups in total. The summed E-state index contributed by atoms with van der Waals surface area (Å²) in [6.07, 6.45) is 7.06. The van der Waals surface area contributed by atoms with Crippen LogP contribution in [0.2, 0.25) is 0 Å². The first-order valence-electron chi connectivity index (χ1n) is 7.70. The van der Waals surface area contributed by atoms with E-state index < -0.39 is 0 Å². The van der Waals surface area contributed by atoms with E-state index in [2.05, 4.69) is 27.1 Å². The molecule has 0 saturated carbocycles. The fraction of sp³-hybridized carbons (Fsp3) is 0.667. The van der Waals surface area contributed by atoms with Crippen LogP contribution in [0.25, 0.3) is 0 Å². The van der Waals surface area contributed by atoms with Crippen LogP contribution in [0.15, 0.2) is 18.6 Å². The van der Waals surface area contributed by atoms with Crippen molar-refractivity contribution < 1.29 is 4.79 Å². The van der Waals surface area contributed by atoms with Gasteiger partial charge in [-0.1, -0.05) is 6.92 Å². The van der Waals surface area contributed by atoms with Gasteiger partial charge in [-0.25, -0.2) is 4.98 Å². The summed E-state index contributed by atoms with van der Waals surface area (Å²) in [4.78, 5) is 25.4. The van der Waals surface area contributed by atoms with Crippen LogP contribution in [0.3, 0.4) is 0 Å². The Balaban J connectivity index is 1.59. The fourth-order valence-electron chi connectivity index (χ4n) is 3.17. The van der Waals surface area contributed by atoms with Crippen molar-refractivity contribution in [3.8, 4) is 0 Å². The molecule has 2 aliphatic heterocycles. The van der Waals surface area contributed by atoms with Crippen molar-refractivity contribution >= 4 is 11.7 Å². The number of hydrogen-bond acceptors (Lipinski definition) is 5. The van der Waals surface area contributed by atoms with E-state index in [1.165, 1.54) is 0 Å². The SMILES string of the molecule is CC1(C(=O)N2CCN(c3cnccn3)CC2)CCNCC1. The van der Waals surface area contributed by atoms with Crippen LogP contribution in [-0.4, -0.2) is 60.0 Å². The smallest absolute Gasteiger partial charge is 0.228 e. The maximum atomic E-state index is 12.8. The second-order valence-electron chi connectivity index (χ2n) is 6.15. The van der Waals surface area contributed by atoms with Crippen LogP contribution in [0.1, 0.15) is 19.8 Å². The normalized spacial score (nSPS) is 22.1. The number of nitrogens with one attached hydrogen (secondary N) is 1. The monoisotopic (exact) mass is 289 g/mol. The van der Waals surface area contributed by atoms with E-state index in [0.29, 0.717) is 5.91 Å². The van der Waals surface area contributed by atoms with Gasteiger partial charge in [0.05, 0.1) is 6.20 Å². The Bertz CT molecular complexity index is 478. The Morgan fingerprint density at radius 1 is 1.19 bits per heavy atom. The molecule has 3 rings (SSSR count). The minimum atomic E-state index is -0.181. The van der Waals surface area contributed by atoms with E-state index >= 15 is 0 Å². The highest BCUT2D eigenvalue weighted by atomic mass is 16.2. The molecule has 3 heterocycles. The highest BCUT2D eigenvalue weighted by Crippen LogP contribution is 2.30. The molecule has 1 aromatic heterocycles. The predicted molar refractivity (Wildman–Crippen MR) is 81.0 cm³/mol. The van der Waals surface area contributed by atoms with Crippen LogP contribution in [0, 0.1) is 5.41 Å². The number of carbonyl (C=O) groups is 1. The number of nitrogens with zero attached hydrogens (tertiary/aromatic N) is 4. The van der Waals surface area contributed by atoms with Crippen molar-refractivity contribution in [3.63, 3.8) is 0 Å². The average molecular weight is 289 g/mol. The molecule has 2 saturated heterocycles. The molecule has 2 aliphatic rings. The second kappa shape index (κ2) is 5.97. The summed E-state index contributed by atoms with van der Waals surface area (Å²) >= 11 is 0. The van der Waals surface area contributed by atoms with Gasteiger partial charge in [0, 0.05) is 44.0 Å². The molecule has 6 heteroatoms. The van der Waals surface area contributed by atoms with Crippen molar-refractivity contribution in [3.05, 3.63) is 18.6 Å². The lowest BCUT2D eigenvalue weighted by molar-refractivity contribution is -0.143. The topological polar surface area (TPSA) is 61.4 Å². The van der Waals surface area contributed by atoms with E-state index in [9.17, 15) is 4.79 Å². The largest absolute Gasteiger partial charge is 0.352 e. The molecule has 0 spiro atoms. The molecule has 0 aromatic carbocycles. The molecule has 6 nitrogen and oxygen atoms in total. The molecule has 114 valence electrons. The van der Waals surface area contributed by atoms with Crippen LogP contribution >= 0.6 is 0 Å². The maximum Gasteiger partial charge on any atom is 0.228 e. The summed E-state index contributed by atoms with van der Waals surface area (Å²) in [5, 5.41) is 3.33. The van der Waals surface area contributed by atoms with Gasteiger partial charge in [0.2, 0.25) is 5.91 Å². The molecule has 2 fully saturated rings. The number of piperazine rings is 1. The first kappa shape index (κ1) is 14.3. The summed E-state index contributed by atoms with van der Waals surface area (Å²) in [5.41, 5.74) is -0.181. The minimum Gasteiger partial charge on any atom is -0.352 e. The highest BCUT2D eigenvalue weighted by molar-refractivity contribution is 5.82. The Kier molecular flexibility index (Phi) is 4.05. The van der Waals surface area contributed by atoms with Crippen LogP contribution in [0.4, 0.5) is 5.82 Å². The van der Waals surface area contributed by atoms with Gasteiger partial charge in [0.15, 0.2) is 0 Å². The van der Waals surface area contributed by atoms with Crippen LogP contribution in [0.5, 0.6) is 0 Å². The third-order valence-corrected chi connectivity index (χ3v) is 4.66. The summed E-state index contributed by atoms with van der Waals surface area (Å²) in [6.45, 7) is 7.23. The number of hydrogen-bond donors (Lipinski definition) is 1. The molecule has 0 unspecified atom stereocenters. The number of carbonyl (C=O) groups excluding carboxylic acids is 1. The third kappa shape index (κ3) is 3.00. The molecule has 0 aliphatic carbocycles. The summed E-state index contributed by atoms with van der Waals surface area (Å²) in [5.74, 6) is 1.22. The number of anilines is 1. The Morgan fingerprint density at radius 3 is 2.52 bits per heavy atom. The maximum absolute atomic E-state index is 12.8. The summed E-state index contributed by atoms with van der Waals surface area (Å²) < 4.78 is 0. The minimum absolute atomic E-state index is 0.181. The summed E-state index contributed by atoms with van der Waals surface area (Å²) in [6, 6.07) is 0. The molecular weight excluding hydrogens is 266 g/mol. The Labute approximate surface area is 125 Å². The van der Waals surface area contributed by atoms with Crippen molar-refractivity contribution in [1.29, 1.82) is 0 Å². The molecule has 0 radical (unpaired) electrons. The van der Waals surface area contributed by atoms with Gasteiger partial charge in [-0.3, -0.25) is 9.78 Å². The zero-order valence-electron chi connectivity index (χ0n) is 12.6. The first-order chi connectivity index (χ1) is 10.2. The Hall–Kier alpha value is -1.69. The van der Waals surface area contributed by atoms with E-state index in [1.54, 1.807) is 18.6 Å². The number of aromatic nitrogens is 2. The fourth-order valence-corrected chi connectivity index (χ4v) is 3.17. The zero-order chi connectivity index (χ0) is 14.7. The van der Waals surface area contributed by atoms with Gasteiger partial charge in [0.1, 0.15) is 5.82 Å². The number of piperidine rings is 1. The van der Waals surface area contributed by atoms with Crippen molar-refractivity contribution in [2.75, 3.05) is 44.2 Å². The molecule has 0 bridgehead atoms. The van der Waals surface area contributed by atoms with Crippen molar-refractivity contribution in [2.24, 2.45) is 5.41 Å². The van der Waals surface area contributed by atoms with Gasteiger partial charge in [0.25, 0.3) is 0 Å². The lowest BCUT2D eigenvalue weighted by atomic mass is 9.79. The van der Waals surface area contributed by atoms with E-state index in [4.69, 9.17) is 0 Å². The lowest BCUT2D eigenvalue weighted by Gasteiger charge is -2.41. The predicted octanol–water partition coefficient (Wildman–Crippen LogP) is 0.515. The number of amides is 1. The second-order valence-corrected chi connectivity index (χ2v) is 6.15. The van der Waals surface area contributed by atoms with Crippen molar-refractivity contribution in [2.45, 2.75) is 19.8 Å². The van der Waals surface area contributed by atoms with Gasteiger partial charge >= 0.3 is 0 Å². The van der Waals surface area contributed by atoms with Gasteiger partial charge in [-0.15, -0.1) is 0 Å². The van der Waals surface area contributed by atoms with E-state index in [0.717, 1.165) is 57.9 Å². The van der Waals surface area contributed by atoms with Gasteiger partial charge < -0.3 is 15.1 Å². The number of rotatable bonds is 2. The van der Waals surface area contributed by atoms with E-state index in [-0.39, 0.29) is 5.41 Å².